The molecule has 118 valence electrons. The van der Waals surface area contributed by atoms with Gasteiger partial charge in [-0.25, -0.2) is 0 Å². The van der Waals surface area contributed by atoms with Crippen LogP contribution in [0, 0.1) is 0 Å². The maximum Gasteiger partial charge on any atom is 0.175 e. The molecule has 0 bridgehead atoms. The van der Waals surface area contributed by atoms with Gasteiger partial charge in [0.2, 0.25) is 0 Å². The Morgan fingerprint density at radius 1 is 1.19 bits per heavy atom. The van der Waals surface area contributed by atoms with Crippen molar-refractivity contribution >= 4 is 15.9 Å². The number of hydrogen-bond donors (Lipinski definition) is 1. The molecule has 2 rings (SSSR count). The normalized spacial score (nSPS) is 14.2. The van der Waals surface area contributed by atoms with Crippen molar-refractivity contribution in [3.05, 3.63) is 22.2 Å². The third-order valence-corrected chi connectivity index (χ3v) is 4.12. The number of rotatable bonds is 10. The zero-order valence-corrected chi connectivity index (χ0v) is 14.7. The van der Waals surface area contributed by atoms with E-state index in [9.17, 15) is 0 Å². The van der Waals surface area contributed by atoms with Gasteiger partial charge in [0.1, 0.15) is 0 Å². The molecule has 0 saturated heterocycles. The molecule has 0 unspecified atom stereocenters. The maximum absolute atomic E-state index is 5.92. The lowest BCUT2D eigenvalue weighted by molar-refractivity contribution is 0.269. The quantitative estimate of drug-likeness (QED) is 0.618. The summed E-state index contributed by atoms with van der Waals surface area (Å²) in [6.07, 6.45) is 6.09. The van der Waals surface area contributed by atoms with Gasteiger partial charge >= 0.3 is 0 Å². The van der Waals surface area contributed by atoms with Crippen molar-refractivity contribution in [3.63, 3.8) is 0 Å². The van der Waals surface area contributed by atoms with Gasteiger partial charge in [0.05, 0.1) is 17.7 Å². The first-order valence-corrected chi connectivity index (χ1v) is 8.85. The van der Waals surface area contributed by atoms with Crippen LogP contribution in [0.1, 0.15) is 51.5 Å². The monoisotopic (exact) mass is 355 g/mol. The number of benzene rings is 1. The fourth-order valence-electron chi connectivity index (χ4n) is 2.20. The molecule has 0 atom stereocenters. The van der Waals surface area contributed by atoms with Crippen LogP contribution in [0.5, 0.6) is 11.5 Å². The Kier molecular flexibility index (Phi) is 6.84. The second-order valence-electron chi connectivity index (χ2n) is 5.55. The van der Waals surface area contributed by atoms with E-state index >= 15 is 0 Å². The van der Waals surface area contributed by atoms with E-state index < -0.39 is 0 Å². The number of halogens is 1. The topological polar surface area (TPSA) is 30.5 Å². The lowest BCUT2D eigenvalue weighted by Gasteiger charge is -2.15. The van der Waals surface area contributed by atoms with Crippen molar-refractivity contribution in [2.45, 2.75) is 58.5 Å². The Labute approximate surface area is 136 Å². The highest BCUT2D eigenvalue weighted by Gasteiger charge is 2.20. The molecule has 1 aliphatic rings. The van der Waals surface area contributed by atoms with Gasteiger partial charge in [-0.05, 0) is 59.8 Å². The summed E-state index contributed by atoms with van der Waals surface area (Å²) in [5.74, 6) is 1.68. The fourth-order valence-corrected chi connectivity index (χ4v) is 2.81. The second-order valence-corrected chi connectivity index (χ2v) is 6.40. The van der Waals surface area contributed by atoms with E-state index in [-0.39, 0.29) is 0 Å². The Balaban J connectivity index is 2.02. The molecule has 0 radical (unpaired) electrons. The summed E-state index contributed by atoms with van der Waals surface area (Å²) < 4.78 is 12.7. The van der Waals surface area contributed by atoms with Crippen molar-refractivity contribution in [2.75, 3.05) is 13.2 Å². The summed E-state index contributed by atoms with van der Waals surface area (Å²) in [5, 5.41) is 3.53. The minimum absolute atomic E-state index is 0.650. The van der Waals surface area contributed by atoms with Crippen LogP contribution in [-0.2, 0) is 6.54 Å². The lowest BCUT2D eigenvalue weighted by Crippen LogP contribution is -2.15. The van der Waals surface area contributed by atoms with Gasteiger partial charge in [0.25, 0.3) is 0 Å². The Morgan fingerprint density at radius 3 is 2.67 bits per heavy atom. The van der Waals surface area contributed by atoms with Gasteiger partial charge in [-0.3, -0.25) is 0 Å². The highest BCUT2D eigenvalue weighted by Crippen LogP contribution is 2.37. The Bertz CT molecular complexity index is 447. The van der Waals surface area contributed by atoms with Gasteiger partial charge in [0, 0.05) is 12.6 Å². The first kappa shape index (κ1) is 16.6. The molecule has 0 spiro atoms. The summed E-state index contributed by atoms with van der Waals surface area (Å²) in [5.41, 5.74) is 1.23. The van der Waals surface area contributed by atoms with E-state index in [0.717, 1.165) is 35.5 Å². The van der Waals surface area contributed by atoms with E-state index in [1.54, 1.807) is 0 Å². The average molecular weight is 356 g/mol. The number of hydrogen-bond acceptors (Lipinski definition) is 3. The van der Waals surface area contributed by atoms with Crippen molar-refractivity contribution < 1.29 is 9.47 Å². The maximum atomic E-state index is 5.92. The standard InChI is InChI=1S/C17H26BrNO2/c1-3-5-6-9-21-17-15(18)10-13(11-16(17)20-4-2)12-19-14-7-8-14/h10-11,14,19H,3-9,12H2,1-2H3. The molecule has 1 aromatic rings. The van der Waals surface area contributed by atoms with Gasteiger partial charge in [-0.2, -0.15) is 0 Å². The molecule has 21 heavy (non-hydrogen) atoms. The van der Waals surface area contributed by atoms with Crippen molar-refractivity contribution in [3.8, 4) is 11.5 Å². The largest absolute Gasteiger partial charge is 0.490 e. The minimum Gasteiger partial charge on any atom is -0.490 e. The van der Waals surface area contributed by atoms with Gasteiger partial charge in [-0.15, -0.1) is 0 Å². The van der Waals surface area contributed by atoms with Crippen LogP contribution < -0.4 is 14.8 Å². The van der Waals surface area contributed by atoms with Crippen LogP contribution in [0.4, 0.5) is 0 Å². The third-order valence-electron chi connectivity index (χ3n) is 3.54. The van der Waals surface area contributed by atoms with E-state index in [1.165, 1.54) is 31.2 Å². The molecule has 4 heteroatoms. The predicted molar refractivity (Wildman–Crippen MR) is 90.2 cm³/mol. The van der Waals surface area contributed by atoms with Crippen LogP contribution in [0.2, 0.25) is 0 Å². The van der Waals surface area contributed by atoms with E-state index in [4.69, 9.17) is 9.47 Å². The SMILES string of the molecule is CCCCCOc1c(Br)cc(CNC2CC2)cc1OCC. The summed E-state index contributed by atoms with van der Waals surface area (Å²) in [7, 11) is 0. The van der Waals surface area contributed by atoms with Crippen molar-refractivity contribution in [1.29, 1.82) is 0 Å². The van der Waals surface area contributed by atoms with Crippen molar-refractivity contribution in [1.82, 2.24) is 5.32 Å². The fraction of sp³-hybridized carbons (Fsp3) is 0.647. The lowest BCUT2D eigenvalue weighted by atomic mass is 10.2. The molecule has 3 nitrogen and oxygen atoms in total. The van der Waals surface area contributed by atoms with E-state index in [2.05, 4.69) is 40.3 Å². The van der Waals surface area contributed by atoms with Crippen LogP contribution in [0.3, 0.4) is 0 Å². The van der Waals surface area contributed by atoms with Crippen LogP contribution in [0.15, 0.2) is 16.6 Å². The smallest absolute Gasteiger partial charge is 0.175 e. The Morgan fingerprint density at radius 2 is 2.00 bits per heavy atom. The Hall–Kier alpha value is -0.740. The summed E-state index contributed by atoms with van der Waals surface area (Å²) in [4.78, 5) is 0. The molecule has 1 saturated carbocycles. The number of unbranched alkanes of at least 4 members (excludes halogenated alkanes) is 2. The highest BCUT2D eigenvalue weighted by molar-refractivity contribution is 9.10. The molecule has 1 fully saturated rings. The first-order chi connectivity index (χ1) is 10.2. The van der Waals surface area contributed by atoms with Gasteiger partial charge in [0.15, 0.2) is 11.5 Å². The molecule has 1 N–H and O–H groups in total. The zero-order chi connectivity index (χ0) is 15.1. The second kappa shape index (κ2) is 8.64. The molecule has 0 aromatic heterocycles. The summed E-state index contributed by atoms with van der Waals surface area (Å²) >= 11 is 3.63. The average Bonchev–Trinajstić information content (AvgIpc) is 3.28. The number of ether oxygens (including phenoxy) is 2. The summed E-state index contributed by atoms with van der Waals surface area (Å²) in [6, 6.07) is 4.94. The molecular weight excluding hydrogens is 330 g/mol. The molecule has 0 amide bonds. The first-order valence-electron chi connectivity index (χ1n) is 8.06. The third kappa shape index (κ3) is 5.51. The number of nitrogens with one attached hydrogen (secondary N) is 1. The van der Waals surface area contributed by atoms with E-state index in [0.29, 0.717) is 12.6 Å². The molecule has 1 aliphatic carbocycles. The summed E-state index contributed by atoms with van der Waals surface area (Å²) in [6.45, 7) is 6.48. The van der Waals surface area contributed by atoms with Crippen LogP contribution in [0.25, 0.3) is 0 Å². The van der Waals surface area contributed by atoms with Crippen molar-refractivity contribution in [2.24, 2.45) is 0 Å². The zero-order valence-electron chi connectivity index (χ0n) is 13.1. The molecule has 1 aromatic carbocycles. The predicted octanol–water partition coefficient (Wildman–Crippen LogP) is 4.67. The molecule has 0 aliphatic heterocycles. The highest BCUT2D eigenvalue weighted by atomic mass is 79.9. The van der Waals surface area contributed by atoms with Crippen LogP contribution >= 0.6 is 15.9 Å². The molecular formula is C17H26BrNO2. The van der Waals surface area contributed by atoms with E-state index in [1.807, 2.05) is 6.92 Å². The van der Waals surface area contributed by atoms with Gasteiger partial charge < -0.3 is 14.8 Å². The van der Waals surface area contributed by atoms with Gasteiger partial charge in [-0.1, -0.05) is 19.8 Å². The molecule has 0 heterocycles. The minimum atomic E-state index is 0.650. The van der Waals surface area contributed by atoms with Crippen LogP contribution in [-0.4, -0.2) is 19.3 Å².